The van der Waals surface area contributed by atoms with Gasteiger partial charge < -0.3 is 13.6 Å². The molecule has 0 saturated heterocycles. The average molecular weight is 539 g/mol. The molecule has 0 saturated carbocycles. The first-order valence-electron chi connectivity index (χ1n) is 12.2. The highest BCUT2D eigenvalue weighted by Crippen LogP contribution is 2.37. The molecule has 0 radical (unpaired) electrons. The van der Waals surface area contributed by atoms with Gasteiger partial charge in [-0.2, -0.15) is 0 Å². The number of carbonyl (C=O) groups is 4. The van der Waals surface area contributed by atoms with Crippen molar-refractivity contribution in [3.05, 3.63) is 69.8 Å². The molecule has 36 heavy (non-hydrogen) atoms. The monoisotopic (exact) mass is 538 g/mol. The van der Waals surface area contributed by atoms with Crippen LogP contribution in [0, 0.1) is 0 Å². The summed E-state index contributed by atoms with van der Waals surface area (Å²) in [5.74, 6) is -1.00. The molecule has 190 valence electrons. The topological polar surface area (TPSA) is 84.0 Å². The molecule has 10 heteroatoms. The van der Waals surface area contributed by atoms with E-state index in [0.717, 1.165) is 11.1 Å². The molecule has 0 aliphatic carbocycles. The van der Waals surface area contributed by atoms with E-state index < -0.39 is 30.9 Å². The van der Waals surface area contributed by atoms with E-state index in [1.165, 1.54) is 9.13 Å². The van der Waals surface area contributed by atoms with Gasteiger partial charge in [0.1, 0.15) is 0 Å². The third kappa shape index (κ3) is 4.47. The fourth-order valence-electron chi connectivity index (χ4n) is 4.74. The summed E-state index contributed by atoms with van der Waals surface area (Å²) in [6.07, 6.45) is -0.542. The maximum atomic E-state index is 13.2. The molecule has 0 spiro atoms. The summed E-state index contributed by atoms with van der Waals surface area (Å²) in [6, 6.07) is 10.6. The first-order valence-corrected chi connectivity index (χ1v) is 22.5. The van der Waals surface area contributed by atoms with Crippen LogP contribution in [0.25, 0.3) is 0 Å². The number of nitrogens with zero attached hydrogens (tertiary/aromatic N) is 2. The normalized spacial score (nSPS) is 16.4. The van der Waals surface area contributed by atoms with Gasteiger partial charge in [-0.15, -0.1) is 0 Å². The number of rotatable bonds is 6. The van der Waals surface area contributed by atoms with Gasteiger partial charge in [0.15, 0.2) is 24.8 Å². The Bertz CT molecular complexity index is 1220. The van der Waals surface area contributed by atoms with Gasteiger partial charge in [0.25, 0.3) is 23.6 Å². The largest absolute Gasteiger partial charge is 0.407 e. The van der Waals surface area contributed by atoms with Crippen LogP contribution in [0.4, 0.5) is 0 Å². The molecule has 0 atom stereocenters. The van der Waals surface area contributed by atoms with E-state index in [1.807, 2.05) is 51.4 Å². The molecule has 2 aliphatic heterocycles. The smallest absolute Gasteiger partial charge is 0.253 e. The minimum Gasteiger partial charge on any atom is -0.407 e. The Morgan fingerprint density at radius 3 is 1.19 bits per heavy atom. The van der Waals surface area contributed by atoms with Crippen LogP contribution in [0.15, 0.2) is 36.4 Å². The molecule has 4 amide bonds. The van der Waals surface area contributed by atoms with Crippen LogP contribution in [0.2, 0.25) is 58.9 Å². The minimum atomic E-state index is -2.20. The Balaban J connectivity index is 1.81. The SMILES string of the molecule is C[Si](C)(C)OC(c1ccc2c(c1)C(=O)N([Si](C)(C)C)C2=O)c1ccc2c(c1)C(=O)N([Si](C)(C)C)C2=O. The molecule has 0 bridgehead atoms. The molecule has 2 heterocycles. The van der Waals surface area contributed by atoms with Crippen molar-refractivity contribution in [2.24, 2.45) is 0 Å². The van der Waals surface area contributed by atoms with Crippen molar-refractivity contribution >= 4 is 48.4 Å². The number of fused-ring (bicyclic) bond motifs is 2. The summed E-state index contributed by atoms with van der Waals surface area (Å²) in [6.45, 7) is 18.0. The predicted molar refractivity (Wildman–Crippen MR) is 147 cm³/mol. The second-order valence-corrected chi connectivity index (χ2v) is 26.5. The maximum absolute atomic E-state index is 13.2. The van der Waals surface area contributed by atoms with Crippen molar-refractivity contribution < 1.29 is 23.6 Å². The summed E-state index contributed by atoms with van der Waals surface area (Å²) in [5.41, 5.74) is 3.10. The van der Waals surface area contributed by atoms with E-state index in [2.05, 4.69) is 19.6 Å². The molecular formula is C26H34N2O5Si3. The molecule has 2 aromatic carbocycles. The van der Waals surface area contributed by atoms with Crippen LogP contribution in [0.3, 0.4) is 0 Å². The first-order chi connectivity index (χ1) is 16.4. The highest BCUT2D eigenvalue weighted by molar-refractivity contribution is 6.79. The van der Waals surface area contributed by atoms with E-state index in [4.69, 9.17) is 4.43 Å². The summed E-state index contributed by atoms with van der Waals surface area (Å²) < 4.78 is 9.44. The number of benzene rings is 2. The number of amides is 4. The first kappa shape index (κ1) is 26.4. The number of hydrogen-bond acceptors (Lipinski definition) is 5. The number of hydrogen-bond donors (Lipinski definition) is 0. The lowest BCUT2D eigenvalue weighted by Crippen LogP contribution is -2.49. The van der Waals surface area contributed by atoms with Crippen LogP contribution in [0.1, 0.15) is 58.7 Å². The zero-order chi connectivity index (χ0) is 27.0. The molecule has 4 rings (SSSR count). The molecule has 2 aromatic rings. The second kappa shape index (κ2) is 8.44. The molecule has 0 N–H and O–H groups in total. The summed E-state index contributed by atoms with van der Waals surface area (Å²) in [5, 5.41) is 0. The van der Waals surface area contributed by atoms with Gasteiger partial charge >= 0.3 is 0 Å². The molecule has 0 aromatic heterocycles. The van der Waals surface area contributed by atoms with Crippen molar-refractivity contribution in [3.63, 3.8) is 0 Å². The zero-order valence-corrected chi connectivity index (χ0v) is 25.5. The van der Waals surface area contributed by atoms with E-state index in [0.29, 0.717) is 22.3 Å². The zero-order valence-electron chi connectivity index (χ0n) is 22.5. The van der Waals surface area contributed by atoms with Gasteiger partial charge in [0.2, 0.25) is 0 Å². The third-order valence-electron chi connectivity index (χ3n) is 6.24. The van der Waals surface area contributed by atoms with Crippen LogP contribution >= 0.6 is 0 Å². The van der Waals surface area contributed by atoms with Crippen molar-refractivity contribution in [3.8, 4) is 0 Å². The van der Waals surface area contributed by atoms with Crippen LogP contribution < -0.4 is 0 Å². The standard InChI is InChI=1S/C26H34N2O5Si3/c1-34(2,3)27-23(29)18-12-10-16(14-20(18)25(27)31)22(33-36(7,8)9)17-11-13-19-21(15-17)26(32)28(24(19)30)35(4,5)6/h10-15,22H,1-9H3. The van der Waals surface area contributed by atoms with Gasteiger partial charge in [-0.3, -0.25) is 19.2 Å². The summed E-state index contributed by atoms with van der Waals surface area (Å²) in [7, 11) is -6.50. The lowest BCUT2D eigenvalue weighted by Gasteiger charge is -2.28. The third-order valence-corrected chi connectivity index (χ3v) is 10.7. The Morgan fingerprint density at radius 1 is 0.556 bits per heavy atom. The maximum Gasteiger partial charge on any atom is 0.253 e. The molecule has 0 fully saturated rings. The Kier molecular flexibility index (Phi) is 6.19. The lowest BCUT2D eigenvalue weighted by atomic mass is 9.95. The van der Waals surface area contributed by atoms with Crippen molar-refractivity contribution in [1.29, 1.82) is 0 Å². The summed E-state index contributed by atoms with van der Waals surface area (Å²) in [4.78, 5) is 52.4. The van der Waals surface area contributed by atoms with Crippen LogP contribution in [-0.4, -0.2) is 57.5 Å². The van der Waals surface area contributed by atoms with Gasteiger partial charge in [-0.1, -0.05) is 51.4 Å². The average Bonchev–Trinajstić information content (AvgIpc) is 3.14. The van der Waals surface area contributed by atoms with E-state index >= 15 is 0 Å². The summed E-state index contributed by atoms with van der Waals surface area (Å²) >= 11 is 0. The van der Waals surface area contributed by atoms with Crippen LogP contribution in [-0.2, 0) is 4.43 Å². The Labute approximate surface area is 215 Å². The number of carbonyl (C=O) groups excluding carboxylic acids is 4. The highest BCUT2D eigenvalue weighted by Gasteiger charge is 2.44. The Hall–Kier alpha value is -2.67. The van der Waals surface area contributed by atoms with E-state index in [9.17, 15) is 19.2 Å². The van der Waals surface area contributed by atoms with Gasteiger partial charge in [-0.05, 0) is 55.0 Å². The quantitative estimate of drug-likeness (QED) is 0.359. The molecular weight excluding hydrogens is 505 g/mol. The van der Waals surface area contributed by atoms with Gasteiger partial charge in [-0.25, -0.2) is 0 Å². The molecule has 0 unspecified atom stereocenters. The fourth-order valence-corrected chi connectivity index (χ4v) is 8.64. The lowest BCUT2D eigenvalue weighted by molar-refractivity contribution is 0.0735. The molecule has 2 aliphatic rings. The predicted octanol–water partition coefficient (Wildman–Crippen LogP) is 5.49. The van der Waals surface area contributed by atoms with Crippen molar-refractivity contribution in [2.75, 3.05) is 0 Å². The second-order valence-electron chi connectivity index (χ2n) is 12.5. The van der Waals surface area contributed by atoms with E-state index in [1.54, 1.807) is 24.3 Å². The molecule has 7 nitrogen and oxygen atoms in total. The van der Waals surface area contributed by atoms with Gasteiger partial charge in [0, 0.05) is 0 Å². The van der Waals surface area contributed by atoms with Gasteiger partial charge in [0.05, 0.1) is 28.4 Å². The minimum absolute atomic E-state index is 0.239. The highest BCUT2D eigenvalue weighted by atomic mass is 28.4. The Morgan fingerprint density at radius 2 is 0.889 bits per heavy atom. The van der Waals surface area contributed by atoms with E-state index in [-0.39, 0.29) is 23.6 Å². The van der Waals surface area contributed by atoms with Crippen molar-refractivity contribution in [1.82, 2.24) is 9.13 Å². The number of imide groups is 2. The van der Waals surface area contributed by atoms with Crippen LogP contribution in [0.5, 0.6) is 0 Å². The fraction of sp³-hybridized carbons (Fsp3) is 0.385. The van der Waals surface area contributed by atoms with Crippen molar-refractivity contribution in [2.45, 2.75) is 65.0 Å².